The molecule has 1 fully saturated rings. The van der Waals surface area contributed by atoms with Gasteiger partial charge in [-0.1, -0.05) is 48.0 Å². The van der Waals surface area contributed by atoms with Crippen LogP contribution in [0.4, 0.5) is 5.69 Å². The molecule has 0 aliphatic carbocycles. The molecule has 1 heterocycles. The normalized spacial score (nSPS) is 16.2. The highest BCUT2D eigenvalue weighted by Gasteiger charge is 2.33. The third-order valence-corrected chi connectivity index (χ3v) is 7.46. The Bertz CT molecular complexity index is 1190. The maximum Gasteiger partial charge on any atom is 0.267 e. The number of halogens is 2. The Kier molecular flexibility index (Phi) is 7.57. The predicted octanol–water partition coefficient (Wildman–Crippen LogP) is 7.02. The van der Waals surface area contributed by atoms with E-state index in [2.05, 4.69) is 45.2 Å². The van der Waals surface area contributed by atoms with Crippen LogP contribution in [0, 0.1) is 14.1 Å². The molecule has 0 bridgehead atoms. The molecule has 0 spiro atoms. The SMILES string of the molecule is COc1c(I)cc(/C=C2/SC(=Nc3ccc(C)cc3)N(Cc3ccccc3)C2=O)cc1I. The van der Waals surface area contributed by atoms with E-state index in [1.165, 1.54) is 17.3 Å². The first-order valence-corrected chi connectivity index (χ1v) is 12.9. The number of rotatable bonds is 5. The first-order valence-electron chi connectivity index (χ1n) is 9.88. The first-order chi connectivity index (χ1) is 15.4. The fourth-order valence-electron chi connectivity index (χ4n) is 3.24. The van der Waals surface area contributed by atoms with Gasteiger partial charge < -0.3 is 4.74 Å². The van der Waals surface area contributed by atoms with Crippen molar-refractivity contribution in [2.24, 2.45) is 4.99 Å². The number of ether oxygens (including phenoxy) is 1. The van der Waals surface area contributed by atoms with E-state index >= 15 is 0 Å². The van der Waals surface area contributed by atoms with Crippen molar-refractivity contribution in [3.05, 3.63) is 95.5 Å². The molecular weight excluding hydrogens is 646 g/mol. The lowest BCUT2D eigenvalue weighted by atomic mass is 10.2. The fourth-order valence-corrected chi connectivity index (χ4v) is 6.49. The lowest BCUT2D eigenvalue weighted by molar-refractivity contribution is -0.122. The summed E-state index contributed by atoms with van der Waals surface area (Å²) in [6.07, 6.45) is 1.94. The average Bonchev–Trinajstić information content (AvgIpc) is 3.05. The van der Waals surface area contributed by atoms with E-state index in [1.807, 2.05) is 79.7 Å². The highest BCUT2D eigenvalue weighted by atomic mass is 127. The number of hydrogen-bond donors (Lipinski definition) is 0. The van der Waals surface area contributed by atoms with Crippen molar-refractivity contribution in [3.8, 4) is 5.75 Å². The maximum absolute atomic E-state index is 13.4. The number of carbonyl (C=O) groups is 1. The molecule has 0 saturated carbocycles. The van der Waals surface area contributed by atoms with Gasteiger partial charge in [0, 0.05) is 0 Å². The molecule has 1 amide bonds. The second-order valence-corrected chi connectivity index (χ2v) is 10.6. The van der Waals surface area contributed by atoms with Gasteiger partial charge in [0.05, 0.1) is 31.4 Å². The minimum Gasteiger partial charge on any atom is -0.495 e. The molecule has 7 heteroatoms. The summed E-state index contributed by atoms with van der Waals surface area (Å²) in [6, 6.07) is 22.1. The largest absolute Gasteiger partial charge is 0.495 e. The number of amidine groups is 1. The van der Waals surface area contributed by atoms with Gasteiger partial charge in [-0.3, -0.25) is 9.69 Å². The number of hydrogen-bond acceptors (Lipinski definition) is 4. The van der Waals surface area contributed by atoms with E-state index in [0.717, 1.165) is 29.7 Å². The average molecular weight is 666 g/mol. The van der Waals surface area contributed by atoms with Crippen molar-refractivity contribution >= 4 is 79.8 Å². The van der Waals surface area contributed by atoms with E-state index in [1.54, 1.807) is 12.0 Å². The number of benzene rings is 3. The molecule has 32 heavy (non-hydrogen) atoms. The summed E-state index contributed by atoms with van der Waals surface area (Å²) >= 11 is 5.93. The van der Waals surface area contributed by atoms with Crippen molar-refractivity contribution in [2.75, 3.05) is 7.11 Å². The minimum absolute atomic E-state index is 0.0365. The van der Waals surface area contributed by atoms with Crippen LogP contribution in [0.2, 0.25) is 0 Å². The Labute approximate surface area is 219 Å². The smallest absolute Gasteiger partial charge is 0.267 e. The molecule has 1 saturated heterocycles. The molecule has 0 unspecified atom stereocenters. The number of nitrogens with zero attached hydrogens (tertiary/aromatic N) is 2. The molecule has 3 aromatic rings. The summed E-state index contributed by atoms with van der Waals surface area (Å²) in [5, 5.41) is 0.687. The molecule has 0 N–H and O–H groups in total. The number of aliphatic imine (C=N–C) groups is 1. The Morgan fingerprint density at radius 3 is 2.31 bits per heavy atom. The van der Waals surface area contributed by atoms with Crippen LogP contribution in [0.3, 0.4) is 0 Å². The van der Waals surface area contributed by atoms with Gasteiger partial charge in [-0.2, -0.15) is 0 Å². The lowest BCUT2D eigenvalue weighted by Crippen LogP contribution is -2.28. The summed E-state index contributed by atoms with van der Waals surface area (Å²) in [5.41, 5.74) is 4.04. The van der Waals surface area contributed by atoms with Crippen molar-refractivity contribution in [3.63, 3.8) is 0 Å². The standard InChI is InChI=1S/C25H20I2N2O2S/c1-16-8-10-19(11-9-16)28-25-29(15-17-6-4-3-5-7-17)24(30)22(32-25)14-18-12-20(26)23(31-2)21(27)13-18/h3-14H,15H2,1-2H3/b22-14+,28-25?. The van der Waals surface area contributed by atoms with Crippen molar-refractivity contribution in [1.82, 2.24) is 4.90 Å². The van der Waals surface area contributed by atoms with Crippen LogP contribution in [0.25, 0.3) is 6.08 Å². The number of thioether (sulfide) groups is 1. The Hall–Kier alpha value is -1.85. The minimum atomic E-state index is -0.0365. The van der Waals surface area contributed by atoms with E-state index in [-0.39, 0.29) is 5.91 Å². The number of methoxy groups -OCH3 is 1. The van der Waals surface area contributed by atoms with Crippen LogP contribution in [0.5, 0.6) is 5.75 Å². The Balaban J connectivity index is 1.71. The van der Waals surface area contributed by atoms with E-state index in [9.17, 15) is 4.79 Å². The van der Waals surface area contributed by atoms with Crippen LogP contribution in [0.1, 0.15) is 16.7 Å². The van der Waals surface area contributed by atoms with E-state index in [0.29, 0.717) is 16.6 Å². The molecule has 162 valence electrons. The Morgan fingerprint density at radius 1 is 1.03 bits per heavy atom. The highest BCUT2D eigenvalue weighted by molar-refractivity contribution is 14.1. The topological polar surface area (TPSA) is 41.9 Å². The third-order valence-electron chi connectivity index (χ3n) is 4.85. The number of amides is 1. The molecular formula is C25H20I2N2O2S. The van der Waals surface area contributed by atoms with Gasteiger partial charge >= 0.3 is 0 Å². The second kappa shape index (κ2) is 10.4. The van der Waals surface area contributed by atoms with E-state index < -0.39 is 0 Å². The van der Waals surface area contributed by atoms with Gasteiger partial charge in [0.15, 0.2) is 5.17 Å². The first kappa shape index (κ1) is 23.3. The van der Waals surface area contributed by atoms with Gasteiger partial charge in [-0.25, -0.2) is 4.99 Å². The molecule has 0 aromatic heterocycles. The van der Waals surface area contributed by atoms with Crippen LogP contribution < -0.4 is 4.74 Å². The zero-order valence-electron chi connectivity index (χ0n) is 17.5. The van der Waals surface area contributed by atoms with Crippen molar-refractivity contribution in [1.29, 1.82) is 0 Å². The number of carbonyl (C=O) groups excluding carboxylic acids is 1. The lowest BCUT2D eigenvalue weighted by Gasteiger charge is -2.15. The highest BCUT2D eigenvalue weighted by Crippen LogP contribution is 2.36. The van der Waals surface area contributed by atoms with Crippen molar-refractivity contribution in [2.45, 2.75) is 13.5 Å². The summed E-state index contributed by atoms with van der Waals surface area (Å²) < 4.78 is 7.48. The quantitative estimate of drug-likeness (QED) is 0.217. The van der Waals surface area contributed by atoms with Gasteiger partial charge in [0.2, 0.25) is 0 Å². The Morgan fingerprint density at radius 2 is 1.69 bits per heavy atom. The van der Waals surface area contributed by atoms with Gasteiger partial charge in [-0.05, 0) is 105 Å². The molecule has 0 atom stereocenters. The molecule has 4 nitrogen and oxygen atoms in total. The fraction of sp³-hybridized carbons (Fsp3) is 0.120. The predicted molar refractivity (Wildman–Crippen MR) is 149 cm³/mol. The van der Waals surface area contributed by atoms with Gasteiger partial charge in [0.1, 0.15) is 5.75 Å². The molecule has 0 radical (unpaired) electrons. The van der Waals surface area contributed by atoms with Crippen LogP contribution in [-0.4, -0.2) is 23.1 Å². The molecule has 1 aliphatic heterocycles. The summed E-state index contributed by atoms with van der Waals surface area (Å²) in [6.45, 7) is 2.53. The monoisotopic (exact) mass is 666 g/mol. The molecule has 1 aliphatic rings. The van der Waals surface area contributed by atoms with Gasteiger partial charge in [-0.15, -0.1) is 0 Å². The van der Waals surface area contributed by atoms with Crippen LogP contribution in [-0.2, 0) is 11.3 Å². The zero-order valence-corrected chi connectivity index (χ0v) is 22.6. The summed E-state index contributed by atoms with van der Waals surface area (Å²) in [4.78, 5) is 20.6. The molecule has 4 rings (SSSR count). The summed E-state index contributed by atoms with van der Waals surface area (Å²) in [7, 11) is 1.67. The third kappa shape index (κ3) is 5.37. The van der Waals surface area contributed by atoms with Crippen LogP contribution >= 0.6 is 56.9 Å². The zero-order chi connectivity index (χ0) is 22.7. The molecule has 3 aromatic carbocycles. The summed E-state index contributed by atoms with van der Waals surface area (Å²) in [5.74, 6) is 0.816. The van der Waals surface area contributed by atoms with E-state index in [4.69, 9.17) is 9.73 Å². The van der Waals surface area contributed by atoms with Crippen molar-refractivity contribution < 1.29 is 9.53 Å². The maximum atomic E-state index is 13.4. The van der Waals surface area contributed by atoms with Crippen LogP contribution in [0.15, 0.2) is 76.6 Å². The number of aryl methyl sites for hydroxylation is 1. The van der Waals surface area contributed by atoms with Gasteiger partial charge in [0.25, 0.3) is 5.91 Å². The second-order valence-electron chi connectivity index (χ2n) is 7.24.